The Hall–Kier alpha value is -1.22. The Balaban J connectivity index is 3.99. The molecular weight excluding hydrogens is 723 g/mol. The first kappa shape index (κ1) is 56.8. The van der Waals surface area contributed by atoms with Crippen molar-refractivity contribution < 1.29 is 24.4 Å². The molecule has 58 heavy (non-hydrogen) atoms. The average molecular weight is 824 g/mol. The molecule has 0 radical (unpaired) electrons. The van der Waals surface area contributed by atoms with Crippen LogP contribution in [-0.2, 0) is 19.3 Å². The van der Waals surface area contributed by atoms with Gasteiger partial charge in [-0.3, -0.25) is 9.59 Å². The summed E-state index contributed by atoms with van der Waals surface area (Å²) in [6.45, 7) is 15.6. The van der Waals surface area contributed by atoms with Crippen molar-refractivity contribution >= 4 is 11.9 Å². The van der Waals surface area contributed by atoms with Gasteiger partial charge in [-0.1, -0.05) is 195 Å². The molecule has 346 valence electrons. The van der Waals surface area contributed by atoms with Crippen molar-refractivity contribution in [2.24, 2.45) is 0 Å². The highest BCUT2D eigenvalue weighted by Crippen LogP contribution is 2.15. The van der Waals surface area contributed by atoms with E-state index in [4.69, 9.17) is 9.68 Å². The molecule has 8 nitrogen and oxygen atoms in total. The first-order valence-electron chi connectivity index (χ1n) is 25.7. The second-order valence-electron chi connectivity index (χ2n) is 17.5. The van der Waals surface area contributed by atoms with Crippen molar-refractivity contribution in [3.8, 4) is 0 Å². The van der Waals surface area contributed by atoms with E-state index in [0.717, 1.165) is 97.2 Å². The zero-order chi connectivity index (χ0) is 42.4. The van der Waals surface area contributed by atoms with Crippen LogP contribution in [0.25, 0.3) is 0 Å². The molecule has 8 heteroatoms. The van der Waals surface area contributed by atoms with Gasteiger partial charge >= 0.3 is 11.9 Å². The van der Waals surface area contributed by atoms with Crippen molar-refractivity contribution in [3.05, 3.63) is 0 Å². The summed E-state index contributed by atoms with van der Waals surface area (Å²) < 4.78 is 0. The zero-order valence-corrected chi connectivity index (χ0v) is 39.5. The maximum absolute atomic E-state index is 12.6. The Labute approximate surface area is 361 Å². The third-order valence-corrected chi connectivity index (χ3v) is 11.6. The van der Waals surface area contributed by atoms with Gasteiger partial charge < -0.3 is 19.7 Å². The molecule has 0 aromatic rings. The number of carbonyl (C=O) groups is 2. The van der Waals surface area contributed by atoms with E-state index in [0.29, 0.717) is 12.8 Å². The minimum Gasteiger partial charge on any atom is -0.395 e. The van der Waals surface area contributed by atoms with Crippen molar-refractivity contribution in [3.63, 3.8) is 0 Å². The van der Waals surface area contributed by atoms with Crippen LogP contribution < -0.4 is 0 Å². The van der Waals surface area contributed by atoms with E-state index in [9.17, 15) is 14.7 Å². The Morgan fingerprint density at radius 2 is 0.569 bits per heavy atom. The first-order chi connectivity index (χ1) is 28.5. The molecule has 0 spiro atoms. The predicted molar refractivity (Wildman–Crippen MR) is 248 cm³/mol. The minimum atomic E-state index is -0.0478. The van der Waals surface area contributed by atoms with Gasteiger partial charge in [0, 0.05) is 45.6 Å². The molecule has 0 aliphatic heterocycles. The van der Waals surface area contributed by atoms with Crippen LogP contribution in [0.2, 0.25) is 0 Å². The number of carbonyl (C=O) groups excluding carboxylic acids is 2. The Morgan fingerprint density at radius 3 is 0.862 bits per heavy atom. The summed E-state index contributed by atoms with van der Waals surface area (Å²) in [5.74, 6) is -0.0956. The van der Waals surface area contributed by atoms with Crippen LogP contribution in [0.4, 0.5) is 0 Å². The Morgan fingerprint density at radius 1 is 0.328 bits per heavy atom. The largest absolute Gasteiger partial charge is 0.395 e. The van der Waals surface area contributed by atoms with Crippen molar-refractivity contribution in [1.82, 2.24) is 15.0 Å². The molecule has 0 heterocycles. The minimum absolute atomic E-state index is 0.0478. The van der Waals surface area contributed by atoms with Crippen LogP contribution in [0.1, 0.15) is 259 Å². The van der Waals surface area contributed by atoms with Gasteiger partial charge in [-0.15, -0.1) is 10.1 Å². The molecule has 0 rings (SSSR count). The summed E-state index contributed by atoms with van der Waals surface area (Å²) >= 11 is 0. The molecule has 0 aliphatic rings. The van der Waals surface area contributed by atoms with Crippen LogP contribution in [0.5, 0.6) is 0 Å². The molecule has 0 aliphatic carbocycles. The third kappa shape index (κ3) is 41.5. The lowest BCUT2D eigenvalue weighted by atomic mass is 10.1. The molecular formula is C50H101N3O5. The molecule has 0 bridgehead atoms. The zero-order valence-electron chi connectivity index (χ0n) is 39.5. The summed E-state index contributed by atoms with van der Waals surface area (Å²) in [5, 5.41) is 13.5. The number of aliphatic hydroxyl groups excluding tert-OH is 1. The second-order valence-corrected chi connectivity index (χ2v) is 17.5. The van der Waals surface area contributed by atoms with Gasteiger partial charge in [0.05, 0.1) is 6.61 Å². The van der Waals surface area contributed by atoms with Gasteiger partial charge in [0.1, 0.15) is 0 Å². The normalized spacial score (nSPS) is 11.7. The number of rotatable bonds is 48. The van der Waals surface area contributed by atoms with Crippen LogP contribution in [0.3, 0.4) is 0 Å². The van der Waals surface area contributed by atoms with E-state index in [1.807, 2.05) is 10.1 Å². The second kappa shape index (κ2) is 46.8. The summed E-state index contributed by atoms with van der Waals surface area (Å²) in [6, 6.07) is 0. The molecule has 0 amide bonds. The predicted octanol–water partition coefficient (Wildman–Crippen LogP) is 13.9. The fourth-order valence-corrected chi connectivity index (χ4v) is 7.81. The average Bonchev–Trinajstić information content (AvgIpc) is 3.21. The third-order valence-electron chi connectivity index (χ3n) is 11.6. The lowest BCUT2D eigenvalue weighted by Crippen LogP contribution is -2.29. The lowest BCUT2D eigenvalue weighted by Gasteiger charge is -2.21. The molecule has 0 aromatic heterocycles. The first-order valence-corrected chi connectivity index (χ1v) is 25.7. The lowest BCUT2D eigenvalue weighted by molar-refractivity contribution is -0.192. The van der Waals surface area contributed by atoms with E-state index in [1.54, 1.807) is 0 Å². The SMILES string of the molecule is CCCCCCCCN(CCCCCC)OC(=O)CCCCCCCCCN(CCO)CCCCCCCCCC(=O)ON(CCCCCC)CCCCCCCC. The molecule has 0 saturated carbocycles. The van der Waals surface area contributed by atoms with Crippen LogP contribution in [0.15, 0.2) is 0 Å². The van der Waals surface area contributed by atoms with Gasteiger partial charge in [-0.25, -0.2) is 0 Å². The van der Waals surface area contributed by atoms with E-state index in [-0.39, 0.29) is 18.5 Å². The van der Waals surface area contributed by atoms with Crippen LogP contribution in [-0.4, -0.2) is 84.5 Å². The fraction of sp³-hybridized carbons (Fsp3) is 0.960. The summed E-state index contributed by atoms with van der Waals surface area (Å²) in [6.07, 6.45) is 42.0. The van der Waals surface area contributed by atoms with E-state index >= 15 is 0 Å². The van der Waals surface area contributed by atoms with Crippen molar-refractivity contribution in [2.75, 3.05) is 52.4 Å². The molecule has 0 fully saturated rings. The van der Waals surface area contributed by atoms with E-state index in [1.165, 1.54) is 167 Å². The summed E-state index contributed by atoms with van der Waals surface area (Å²) in [4.78, 5) is 39.3. The molecule has 0 unspecified atom stereocenters. The highest BCUT2D eigenvalue weighted by atomic mass is 16.7. The summed E-state index contributed by atoms with van der Waals surface area (Å²) in [5.41, 5.74) is 0. The van der Waals surface area contributed by atoms with Gasteiger partial charge in [-0.2, -0.15) is 0 Å². The molecule has 0 atom stereocenters. The monoisotopic (exact) mass is 824 g/mol. The van der Waals surface area contributed by atoms with Gasteiger partial charge in [0.2, 0.25) is 0 Å². The Kier molecular flexibility index (Phi) is 45.9. The molecule has 0 aromatic carbocycles. The smallest absolute Gasteiger partial charge is 0.325 e. The van der Waals surface area contributed by atoms with Gasteiger partial charge in [-0.05, 0) is 64.5 Å². The maximum atomic E-state index is 12.6. The standard InChI is InChI=1S/C50H101N3O5/c1-5-9-13-17-29-37-45-52(43-35-15-11-7-3)57-49(55)39-31-25-21-19-23-27-33-41-51(47-48-54)42-34-28-24-20-22-26-32-40-50(56)58-53(44-36-16-12-8-4)46-38-30-18-14-10-6-2/h54H,5-48H2,1-4H3. The van der Waals surface area contributed by atoms with E-state index < -0.39 is 0 Å². The van der Waals surface area contributed by atoms with Crippen LogP contribution >= 0.6 is 0 Å². The Bertz CT molecular complexity index is 782. The number of hydroxylamine groups is 4. The van der Waals surface area contributed by atoms with Gasteiger partial charge in [0.15, 0.2) is 0 Å². The van der Waals surface area contributed by atoms with Crippen molar-refractivity contribution in [2.45, 2.75) is 259 Å². The van der Waals surface area contributed by atoms with Crippen molar-refractivity contribution in [1.29, 1.82) is 0 Å². The number of aliphatic hydroxyl groups is 1. The fourth-order valence-electron chi connectivity index (χ4n) is 7.81. The maximum Gasteiger partial charge on any atom is 0.325 e. The quantitative estimate of drug-likeness (QED) is 0.0480. The number of unbranched alkanes of at least 4 members (excludes halogenated alkanes) is 28. The highest BCUT2D eigenvalue weighted by molar-refractivity contribution is 5.69. The van der Waals surface area contributed by atoms with Gasteiger partial charge in [0.25, 0.3) is 0 Å². The molecule has 0 saturated heterocycles. The molecule has 1 N–H and O–H groups in total. The summed E-state index contributed by atoms with van der Waals surface area (Å²) in [7, 11) is 0. The number of nitrogens with zero attached hydrogens (tertiary/aromatic N) is 3. The van der Waals surface area contributed by atoms with Crippen LogP contribution in [0, 0.1) is 0 Å². The number of hydrogen-bond donors (Lipinski definition) is 1. The van der Waals surface area contributed by atoms with E-state index in [2.05, 4.69) is 32.6 Å². The topological polar surface area (TPSA) is 82.6 Å². The highest BCUT2D eigenvalue weighted by Gasteiger charge is 2.13. The number of hydrogen-bond acceptors (Lipinski definition) is 8.